The molecule has 8 heteroatoms. The number of hydrogen-bond acceptors (Lipinski definition) is 6. The maximum absolute atomic E-state index is 13.9. The third-order valence-corrected chi connectivity index (χ3v) is 6.62. The van der Waals surface area contributed by atoms with Crippen molar-refractivity contribution in [3.8, 4) is 17.0 Å². The number of aromatic nitrogens is 1. The fraction of sp³-hybridized carbons (Fsp3) is 0.267. The van der Waals surface area contributed by atoms with E-state index in [1.165, 1.54) is 12.1 Å². The van der Waals surface area contributed by atoms with Crippen LogP contribution in [0.2, 0.25) is 0 Å². The van der Waals surface area contributed by atoms with Gasteiger partial charge < -0.3 is 23.8 Å². The second kappa shape index (κ2) is 11.5. The minimum Gasteiger partial charge on any atom is -0.497 e. The molecule has 38 heavy (non-hydrogen) atoms. The molecule has 1 fully saturated rings. The van der Waals surface area contributed by atoms with Crippen molar-refractivity contribution in [3.05, 3.63) is 101 Å². The Morgan fingerprint density at radius 3 is 2.45 bits per heavy atom. The minimum absolute atomic E-state index is 0.165. The van der Waals surface area contributed by atoms with Crippen LogP contribution in [0.15, 0.2) is 77.3 Å². The summed E-state index contributed by atoms with van der Waals surface area (Å²) in [4.78, 5) is 17.7. The standard InChI is InChI=1S/C30H30FN3O4/c1-21-4-3-5-24(18-21)28-27(30(38-32-28)33-14-16-37-17-15-33)20-34(19-22-6-10-25(31)11-7-22)29(35)23-8-12-26(36-2)13-9-23/h3-13,18H,14-17,19-20H2,1-2H3. The van der Waals surface area contributed by atoms with Gasteiger partial charge in [-0.2, -0.15) is 0 Å². The van der Waals surface area contributed by atoms with Gasteiger partial charge in [0.1, 0.15) is 17.3 Å². The Labute approximate surface area is 221 Å². The molecule has 1 amide bonds. The summed E-state index contributed by atoms with van der Waals surface area (Å²) in [5.74, 6) is 0.817. The lowest BCUT2D eigenvalue weighted by atomic mass is 10.0. The van der Waals surface area contributed by atoms with Crippen molar-refractivity contribution in [2.75, 3.05) is 38.3 Å². The van der Waals surface area contributed by atoms with E-state index < -0.39 is 0 Å². The normalized spacial score (nSPS) is 13.4. The van der Waals surface area contributed by atoms with E-state index in [9.17, 15) is 9.18 Å². The smallest absolute Gasteiger partial charge is 0.254 e. The van der Waals surface area contributed by atoms with Crippen molar-refractivity contribution in [2.24, 2.45) is 0 Å². The molecule has 0 saturated carbocycles. The highest BCUT2D eigenvalue weighted by atomic mass is 19.1. The average molecular weight is 516 g/mol. The Kier molecular flexibility index (Phi) is 7.70. The van der Waals surface area contributed by atoms with E-state index in [1.807, 2.05) is 25.1 Å². The molecule has 7 nitrogen and oxygen atoms in total. The number of amides is 1. The van der Waals surface area contributed by atoms with Gasteiger partial charge in [-0.25, -0.2) is 4.39 Å². The first kappa shape index (κ1) is 25.5. The maximum Gasteiger partial charge on any atom is 0.254 e. The number of morpholine rings is 1. The quantitative estimate of drug-likeness (QED) is 0.310. The lowest BCUT2D eigenvalue weighted by molar-refractivity contribution is 0.0729. The second-order valence-electron chi connectivity index (χ2n) is 9.30. The maximum atomic E-state index is 13.9. The van der Waals surface area contributed by atoms with Crippen LogP contribution in [-0.2, 0) is 17.8 Å². The number of halogens is 1. The van der Waals surface area contributed by atoms with Gasteiger partial charge in [0.2, 0.25) is 5.88 Å². The summed E-state index contributed by atoms with van der Waals surface area (Å²) in [7, 11) is 1.59. The predicted molar refractivity (Wildman–Crippen MR) is 143 cm³/mol. The van der Waals surface area contributed by atoms with E-state index in [0.717, 1.165) is 22.3 Å². The van der Waals surface area contributed by atoms with Gasteiger partial charge in [0.15, 0.2) is 0 Å². The number of methoxy groups -OCH3 is 1. The molecule has 1 aliphatic rings. The first-order chi connectivity index (χ1) is 18.5. The lowest BCUT2D eigenvalue weighted by Crippen LogP contribution is -2.37. The van der Waals surface area contributed by atoms with E-state index >= 15 is 0 Å². The molecule has 0 N–H and O–H groups in total. The van der Waals surface area contributed by atoms with Crippen LogP contribution in [0.1, 0.15) is 27.0 Å². The van der Waals surface area contributed by atoms with Crippen molar-refractivity contribution < 1.29 is 23.2 Å². The zero-order valence-electron chi connectivity index (χ0n) is 21.5. The van der Waals surface area contributed by atoms with E-state index in [2.05, 4.69) is 16.1 Å². The molecule has 196 valence electrons. The van der Waals surface area contributed by atoms with Crippen LogP contribution < -0.4 is 9.64 Å². The van der Waals surface area contributed by atoms with Gasteiger partial charge in [-0.1, -0.05) is 41.1 Å². The summed E-state index contributed by atoms with van der Waals surface area (Å²) in [5.41, 5.74) is 4.87. The zero-order valence-corrected chi connectivity index (χ0v) is 21.5. The lowest BCUT2D eigenvalue weighted by Gasteiger charge is -2.28. The Morgan fingerprint density at radius 2 is 1.76 bits per heavy atom. The predicted octanol–water partition coefficient (Wildman–Crippen LogP) is 5.48. The molecule has 1 saturated heterocycles. The largest absolute Gasteiger partial charge is 0.497 e. The number of carbonyl (C=O) groups is 1. The second-order valence-corrected chi connectivity index (χ2v) is 9.30. The highest BCUT2D eigenvalue weighted by molar-refractivity contribution is 5.94. The Hall–Kier alpha value is -4.17. The van der Waals surface area contributed by atoms with Crippen molar-refractivity contribution in [3.63, 3.8) is 0 Å². The van der Waals surface area contributed by atoms with Gasteiger partial charge in [-0.3, -0.25) is 4.79 Å². The Balaban J connectivity index is 1.55. The summed E-state index contributed by atoms with van der Waals surface area (Å²) in [6.07, 6.45) is 0. The van der Waals surface area contributed by atoms with Crippen molar-refractivity contribution in [1.82, 2.24) is 10.1 Å². The molecular formula is C30H30FN3O4. The van der Waals surface area contributed by atoms with Crippen molar-refractivity contribution in [2.45, 2.75) is 20.0 Å². The number of rotatable bonds is 8. The highest BCUT2D eigenvalue weighted by Gasteiger charge is 2.28. The summed E-state index contributed by atoms with van der Waals surface area (Å²) in [6, 6.07) is 21.3. The molecule has 1 aromatic heterocycles. The van der Waals surface area contributed by atoms with Crippen LogP contribution in [0.4, 0.5) is 10.3 Å². The van der Waals surface area contributed by atoms with Gasteiger partial charge in [0, 0.05) is 30.8 Å². The van der Waals surface area contributed by atoms with E-state index in [1.54, 1.807) is 48.4 Å². The topological polar surface area (TPSA) is 68.0 Å². The van der Waals surface area contributed by atoms with Crippen LogP contribution in [0, 0.1) is 12.7 Å². The van der Waals surface area contributed by atoms with Gasteiger partial charge in [0.25, 0.3) is 5.91 Å². The molecule has 3 aromatic carbocycles. The monoisotopic (exact) mass is 515 g/mol. The molecular weight excluding hydrogens is 485 g/mol. The molecule has 0 spiro atoms. The number of aryl methyl sites for hydroxylation is 1. The molecule has 5 rings (SSSR count). The third kappa shape index (κ3) is 5.70. The summed E-state index contributed by atoms with van der Waals surface area (Å²) >= 11 is 0. The Morgan fingerprint density at radius 1 is 1.03 bits per heavy atom. The molecule has 0 bridgehead atoms. The van der Waals surface area contributed by atoms with Crippen molar-refractivity contribution >= 4 is 11.8 Å². The fourth-order valence-electron chi connectivity index (χ4n) is 4.59. The van der Waals surface area contributed by atoms with Crippen molar-refractivity contribution in [1.29, 1.82) is 0 Å². The third-order valence-electron chi connectivity index (χ3n) is 6.62. The number of anilines is 1. The number of nitrogens with zero attached hydrogens (tertiary/aromatic N) is 3. The molecule has 0 aliphatic carbocycles. The zero-order chi connectivity index (χ0) is 26.5. The van der Waals surface area contributed by atoms with Gasteiger partial charge >= 0.3 is 0 Å². The van der Waals surface area contributed by atoms with E-state index in [4.69, 9.17) is 14.0 Å². The summed E-state index contributed by atoms with van der Waals surface area (Å²) in [6.45, 7) is 5.07. The van der Waals surface area contributed by atoms with Crippen LogP contribution in [0.5, 0.6) is 5.75 Å². The van der Waals surface area contributed by atoms with Gasteiger partial charge in [-0.15, -0.1) is 0 Å². The highest BCUT2D eigenvalue weighted by Crippen LogP contribution is 2.34. The number of benzene rings is 3. The molecule has 0 unspecified atom stereocenters. The number of carbonyl (C=O) groups excluding carboxylic acids is 1. The number of ether oxygens (including phenoxy) is 2. The molecule has 2 heterocycles. The van der Waals surface area contributed by atoms with Crippen LogP contribution in [-0.4, -0.2) is 49.4 Å². The number of hydrogen-bond donors (Lipinski definition) is 0. The van der Waals surface area contributed by atoms with Gasteiger partial charge in [-0.05, 0) is 55.0 Å². The van der Waals surface area contributed by atoms with Crippen LogP contribution >= 0.6 is 0 Å². The fourth-order valence-corrected chi connectivity index (χ4v) is 4.59. The molecule has 0 radical (unpaired) electrons. The van der Waals surface area contributed by atoms with Crippen LogP contribution in [0.25, 0.3) is 11.3 Å². The molecule has 1 aliphatic heterocycles. The Bertz CT molecular complexity index is 1380. The minimum atomic E-state index is -0.322. The van der Waals surface area contributed by atoms with E-state index in [-0.39, 0.29) is 24.8 Å². The van der Waals surface area contributed by atoms with Crippen LogP contribution in [0.3, 0.4) is 0 Å². The van der Waals surface area contributed by atoms with E-state index in [0.29, 0.717) is 49.2 Å². The SMILES string of the molecule is COc1ccc(C(=O)N(Cc2ccc(F)cc2)Cc2c(-c3cccc(C)c3)noc2N2CCOCC2)cc1. The first-order valence-corrected chi connectivity index (χ1v) is 12.6. The molecule has 0 atom stereocenters. The van der Waals surface area contributed by atoms with Gasteiger partial charge in [0.05, 0.1) is 32.4 Å². The summed E-state index contributed by atoms with van der Waals surface area (Å²) in [5, 5.41) is 4.47. The average Bonchev–Trinajstić information content (AvgIpc) is 3.37. The first-order valence-electron chi connectivity index (χ1n) is 12.6. The summed E-state index contributed by atoms with van der Waals surface area (Å²) < 4.78 is 30.4. The molecule has 4 aromatic rings.